The minimum atomic E-state index is -0.951. The summed E-state index contributed by atoms with van der Waals surface area (Å²) in [4.78, 5) is 25.4. The highest BCUT2D eigenvalue weighted by Crippen LogP contribution is 2.51. The second-order valence-electron chi connectivity index (χ2n) is 5.34. The van der Waals surface area contributed by atoms with Crippen LogP contribution in [0.5, 0.6) is 0 Å². The summed E-state index contributed by atoms with van der Waals surface area (Å²) in [5.41, 5.74) is -0.710. The Morgan fingerprint density at radius 1 is 1.68 bits per heavy atom. The van der Waals surface area contributed by atoms with Crippen molar-refractivity contribution in [1.82, 2.24) is 4.90 Å². The highest BCUT2D eigenvalue weighted by Gasteiger charge is 2.66. The fourth-order valence-electron chi connectivity index (χ4n) is 3.45. The molecule has 0 aromatic heterocycles. The molecular formula is C13H17NO5. The van der Waals surface area contributed by atoms with Crippen molar-refractivity contribution in [3.05, 3.63) is 12.2 Å². The summed E-state index contributed by atoms with van der Waals surface area (Å²) in [5.74, 6) is -2.36. The van der Waals surface area contributed by atoms with Gasteiger partial charge in [0.05, 0.1) is 18.6 Å². The molecule has 1 N–H and O–H groups in total. The third kappa shape index (κ3) is 1.70. The first kappa shape index (κ1) is 12.6. The molecule has 3 rings (SSSR count). The number of ether oxygens (including phenoxy) is 2. The van der Waals surface area contributed by atoms with E-state index in [1.807, 2.05) is 6.08 Å². The summed E-state index contributed by atoms with van der Waals surface area (Å²) in [6.07, 6.45) is 3.94. The summed E-state index contributed by atoms with van der Waals surface area (Å²) in [6, 6.07) is 0. The Hall–Kier alpha value is -1.40. The average molecular weight is 267 g/mol. The van der Waals surface area contributed by atoms with E-state index in [-0.39, 0.29) is 5.91 Å². The first-order valence-corrected chi connectivity index (χ1v) is 6.47. The number of carboxylic acid groups (broad SMARTS) is 1. The van der Waals surface area contributed by atoms with Gasteiger partial charge in [-0.15, -0.1) is 0 Å². The van der Waals surface area contributed by atoms with Crippen LogP contribution in [0.25, 0.3) is 0 Å². The Morgan fingerprint density at radius 2 is 2.47 bits per heavy atom. The number of rotatable bonds is 5. The lowest BCUT2D eigenvalue weighted by Gasteiger charge is -2.21. The van der Waals surface area contributed by atoms with Crippen LogP contribution in [0.3, 0.4) is 0 Å². The Bertz CT molecular complexity index is 448. The number of methoxy groups -OCH3 is 1. The fraction of sp³-hybridized carbons (Fsp3) is 0.692. The number of aliphatic carboxylic acids is 1. The highest BCUT2D eigenvalue weighted by atomic mass is 16.5. The van der Waals surface area contributed by atoms with Crippen LogP contribution >= 0.6 is 0 Å². The number of nitrogens with zero attached hydrogens (tertiary/aromatic N) is 1. The number of amides is 1. The van der Waals surface area contributed by atoms with E-state index in [9.17, 15) is 14.7 Å². The summed E-state index contributed by atoms with van der Waals surface area (Å²) in [7, 11) is 1.62. The molecular weight excluding hydrogens is 250 g/mol. The van der Waals surface area contributed by atoms with Crippen molar-refractivity contribution in [1.29, 1.82) is 0 Å². The van der Waals surface area contributed by atoms with Gasteiger partial charge in [-0.1, -0.05) is 12.2 Å². The Labute approximate surface area is 111 Å². The summed E-state index contributed by atoms with van der Waals surface area (Å²) >= 11 is 0. The van der Waals surface area contributed by atoms with Crippen LogP contribution in [0.1, 0.15) is 6.42 Å². The number of carbonyl (C=O) groups is 2. The first-order chi connectivity index (χ1) is 9.09. The standard InChI is InChI=1S/C13H17NO5/c1-18-6-2-5-14-7-13-4-3-8(19-13)9(12(16)17)10(13)11(14)15/h3-4,8-10H,2,5-7H2,1H3,(H,16,17)/t8-,9?,10-,13?/m1/s1. The van der Waals surface area contributed by atoms with Gasteiger partial charge < -0.3 is 19.5 Å². The smallest absolute Gasteiger partial charge is 0.310 e. The van der Waals surface area contributed by atoms with Gasteiger partial charge in [0.2, 0.25) is 5.91 Å². The van der Waals surface area contributed by atoms with Crippen LogP contribution in [0.15, 0.2) is 12.2 Å². The highest BCUT2D eigenvalue weighted by molar-refractivity contribution is 5.90. The second kappa shape index (κ2) is 4.31. The zero-order valence-electron chi connectivity index (χ0n) is 10.7. The molecule has 0 aromatic rings. The fourth-order valence-corrected chi connectivity index (χ4v) is 3.45. The van der Waals surface area contributed by atoms with Gasteiger partial charge in [0.25, 0.3) is 0 Å². The Morgan fingerprint density at radius 3 is 3.16 bits per heavy atom. The molecule has 19 heavy (non-hydrogen) atoms. The van der Waals surface area contributed by atoms with Crippen LogP contribution in [0.2, 0.25) is 0 Å². The summed E-state index contributed by atoms with van der Waals surface area (Å²) < 4.78 is 10.8. The van der Waals surface area contributed by atoms with Crippen LogP contribution in [-0.4, -0.2) is 60.4 Å². The maximum Gasteiger partial charge on any atom is 0.310 e. The van der Waals surface area contributed by atoms with Gasteiger partial charge >= 0.3 is 5.97 Å². The van der Waals surface area contributed by atoms with Crippen molar-refractivity contribution in [2.24, 2.45) is 11.8 Å². The average Bonchev–Trinajstić information content (AvgIpc) is 2.99. The number of carbonyl (C=O) groups excluding carboxylic acids is 1. The first-order valence-electron chi connectivity index (χ1n) is 6.47. The van der Waals surface area contributed by atoms with Gasteiger partial charge in [-0.05, 0) is 6.42 Å². The Balaban J connectivity index is 1.79. The molecule has 3 aliphatic rings. The summed E-state index contributed by atoms with van der Waals surface area (Å²) in [6.45, 7) is 1.62. The van der Waals surface area contributed by atoms with E-state index < -0.39 is 29.5 Å². The normalized spacial score (nSPS) is 39.1. The topological polar surface area (TPSA) is 76.1 Å². The lowest BCUT2D eigenvalue weighted by atomic mass is 9.77. The van der Waals surface area contributed by atoms with Crippen LogP contribution < -0.4 is 0 Å². The van der Waals surface area contributed by atoms with Crippen LogP contribution in [0.4, 0.5) is 0 Å². The third-order valence-electron chi connectivity index (χ3n) is 4.24. The van der Waals surface area contributed by atoms with Crippen molar-refractivity contribution >= 4 is 11.9 Å². The second-order valence-corrected chi connectivity index (χ2v) is 5.34. The zero-order chi connectivity index (χ0) is 13.6. The summed E-state index contributed by atoms with van der Waals surface area (Å²) in [5, 5.41) is 9.29. The maximum atomic E-state index is 12.4. The van der Waals surface area contributed by atoms with Crippen LogP contribution in [-0.2, 0) is 19.1 Å². The van der Waals surface area contributed by atoms with Gasteiger partial charge in [-0.25, -0.2) is 0 Å². The predicted molar refractivity (Wildman–Crippen MR) is 64.4 cm³/mol. The number of hydrogen-bond donors (Lipinski definition) is 1. The molecule has 2 unspecified atom stereocenters. The van der Waals surface area contributed by atoms with Crippen molar-refractivity contribution < 1.29 is 24.2 Å². The predicted octanol–water partition coefficient (Wildman–Crippen LogP) is -0.111. The molecule has 2 bridgehead atoms. The maximum absolute atomic E-state index is 12.4. The SMILES string of the molecule is COCCCN1CC23C=C[C@@H](O2)C(C(=O)O)[C@@H]3C1=O. The zero-order valence-corrected chi connectivity index (χ0v) is 10.7. The molecule has 0 aromatic carbocycles. The lowest BCUT2D eigenvalue weighted by Crippen LogP contribution is -2.39. The molecule has 0 aliphatic carbocycles. The lowest BCUT2D eigenvalue weighted by molar-refractivity contribution is -0.148. The molecule has 0 radical (unpaired) electrons. The molecule has 4 atom stereocenters. The molecule has 2 saturated heterocycles. The number of likely N-dealkylation sites (tertiary alicyclic amines) is 1. The third-order valence-corrected chi connectivity index (χ3v) is 4.24. The van der Waals surface area contributed by atoms with Gasteiger partial charge in [0.1, 0.15) is 11.5 Å². The van der Waals surface area contributed by atoms with E-state index in [0.717, 1.165) is 6.42 Å². The number of carboxylic acids is 1. The minimum Gasteiger partial charge on any atom is -0.481 e. The van der Waals surface area contributed by atoms with E-state index in [1.54, 1.807) is 18.1 Å². The van der Waals surface area contributed by atoms with Crippen molar-refractivity contribution in [2.75, 3.05) is 26.8 Å². The number of fused-ring (bicyclic) bond motifs is 1. The van der Waals surface area contributed by atoms with E-state index in [2.05, 4.69) is 0 Å². The molecule has 1 amide bonds. The van der Waals surface area contributed by atoms with E-state index in [0.29, 0.717) is 19.7 Å². The van der Waals surface area contributed by atoms with Crippen molar-refractivity contribution in [2.45, 2.75) is 18.1 Å². The largest absolute Gasteiger partial charge is 0.481 e. The van der Waals surface area contributed by atoms with E-state index >= 15 is 0 Å². The van der Waals surface area contributed by atoms with E-state index in [4.69, 9.17) is 9.47 Å². The van der Waals surface area contributed by atoms with Crippen molar-refractivity contribution in [3.8, 4) is 0 Å². The molecule has 1 spiro atoms. The Kier molecular flexibility index (Phi) is 2.87. The van der Waals surface area contributed by atoms with E-state index in [1.165, 1.54) is 0 Å². The molecule has 0 saturated carbocycles. The molecule has 6 nitrogen and oxygen atoms in total. The molecule has 3 heterocycles. The molecule has 2 fully saturated rings. The monoisotopic (exact) mass is 267 g/mol. The number of hydrogen-bond acceptors (Lipinski definition) is 4. The van der Waals surface area contributed by atoms with Gasteiger partial charge in [-0.2, -0.15) is 0 Å². The van der Waals surface area contributed by atoms with Gasteiger partial charge in [0.15, 0.2) is 0 Å². The van der Waals surface area contributed by atoms with Gasteiger partial charge in [0, 0.05) is 20.3 Å². The molecule has 3 aliphatic heterocycles. The minimum absolute atomic E-state index is 0.102. The van der Waals surface area contributed by atoms with Crippen LogP contribution in [0, 0.1) is 11.8 Å². The van der Waals surface area contributed by atoms with Crippen molar-refractivity contribution in [3.63, 3.8) is 0 Å². The quantitative estimate of drug-likeness (QED) is 0.555. The molecule has 104 valence electrons. The molecule has 6 heteroatoms. The van der Waals surface area contributed by atoms with Gasteiger partial charge in [-0.3, -0.25) is 9.59 Å².